The summed E-state index contributed by atoms with van der Waals surface area (Å²) in [6.07, 6.45) is 1.22. The van der Waals surface area contributed by atoms with Crippen molar-refractivity contribution in [2.75, 3.05) is 5.73 Å². The molecular formula is C19H16N8O4. The Bertz CT molecular complexity index is 1280. The topological polar surface area (TPSA) is 178 Å². The first-order chi connectivity index (χ1) is 14.9. The van der Waals surface area contributed by atoms with Crippen molar-refractivity contribution in [1.82, 2.24) is 30.7 Å². The van der Waals surface area contributed by atoms with E-state index in [2.05, 4.69) is 35.8 Å². The fourth-order valence-electron chi connectivity index (χ4n) is 2.75. The van der Waals surface area contributed by atoms with Crippen molar-refractivity contribution in [3.8, 4) is 28.6 Å². The van der Waals surface area contributed by atoms with Gasteiger partial charge in [-0.05, 0) is 29.4 Å². The van der Waals surface area contributed by atoms with Crippen molar-refractivity contribution in [2.45, 2.75) is 6.92 Å². The van der Waals surface area contributed by atoms with E-state index in [0.717, 1.165) is 11.6 Å². The lowest BCUT2D eigenvalue weighted by Gasteiger charge is -2.06. The van der Waals surface area contributed by atoms with Crippen molar-refractivity contribution in [2.24, 2.45) is 5.10 Å². The second kappa shape index (κ2) is 7.94. The molecule has 0 aliphatic rings. The molecule has 5 N–H and O–H groups in total. The molecule has 0 aliphatic carbocycles. The first-order valence-electron chi connectivity index (χ1n) is 8.90. The predicted molar refractivity (Wildman–Crippen MR) is 109 cm³/mol. The predicted octanol–water partition coefficient (Wildman–Crippen LogP) is 1.38. The van der Waals surface area contributed by atoms with Gasteiger partial charge in [0.05, 0.1) is 6.21 Å². The Labute approximate surface area is 174 Å². The standard InChI is InChI=1S/C19H16N8O4/c1-10-2-4-11(5-3-10)16-15(22-26-27(16)18-17(20)24-31-25-18)19(30)23-21-9-12-6-7-13(28)8-14(12)29/h2-9,28-29H,1H3,(H2,20,24)(H,23,30). The molecular weight excluding hydrogens is 404 g/mol. The number of carbonyl (C=O) groups is 1. The van der Waals surface area contributed by atoms with Gasteiger partial charge in [0, 0.05) is 17.2 Å². The number of hydrogen-bond acceptors (Lipinski definition) is 10. The van der Waals surface area contributed by atoms with Gasteiger partial charge in [-0.25, -0.2) is 10.1 Å². The van der Waals surface area contributed by atoms with E-state index in [-0.39, 0.29) is 28.8 Å². The number of benzene rings is 2. The van der Waals surface area contributed by atoms with Crippen LogP contribution in [0.3, 0.4) is 0 Å². The summed E-state index contributed by atoms with van der Waals surface area (Å²) in [6.45, 7) is 1.93. The van der Waals surface area contributed by atoms with Gasteiger partial charge in [0.2, 0.25) is 11.6 Å². The van der Waals surface area contributed by atoms with Crippen LogP contribution in [0.15, 0.2) is 52.2 Å². The van der Waals surface area contributed by atoms with E-state index < -0.39 is 5.91 Å². The third-order valence-corrected chi connectivity index (χ3v) is 4.29. The molecule has 2 heterocycles. The molecule has 0 bridgehead atoms. The van der Waals surface area contributed by atoms with Crippen LogP contribution in [-0.4, -0.2) is 47.6 Å². The number of nitrogens with zero attached hydrogens (tertiary/aromatic N) is 6. The second-order valence-corrected chi connectivity index (χ2v) is 6.48. The average molecular weight is 420 g/mol. The van der Waals surface area contributed by atoms with Crippen LogP contribution in [0, 0.1) is 6.92 Å². The molecule has 156 valence electrons. The van der Waals surface area contributed by atoms with Gasteiger partial charge in [0.15, 0.2) is 5.69 Å². The lowest BCUT2D eigenvalue weighted by Crippen LogP contribution is -2.19. The number of nitrogens with one attached hydrogen (secondary N) is 1. The number of nitrogens with two attached hydrogens (primary N) is 1. The molecule has 0 saturated carbocycles. The van der Waals surface area contributed by atoms with Crippen LogP contribution in [0.25, 0.3) is 17.1 Å². The van der Waals surface area contributed by atoms with Crippen LogP contribution in [0.4, 0.5) is 5.82 Å². The van der Waals surface area contributed by atoms with Gasteiger partial charge in [0.25, 0.3) is 5.91 Å². The second-order valence-electron chi connectivity index (χ2n) is 6.48. The number of phenolic OH excluding ortho intramolecular Hbond substituents is 2. The molecule has 0 unspecified atom stereocenters. The number of carbonyl (C=O) groups excluding carboxylic acids is 1. The zero-order valence-corrected chi connectivity index (χ0v) is 16.1. The number of nitrogen functional groups attached to an aromatic ring is 1. The quantitative estimate of drug-likeness (QED) is 0.274. The largest absolute Gasteiger partial charge is 0.508 e. The summed E-state index contributed by atoms with van der Waals surface area (Å²) in [5.74, 6) is -0.894. The molecule has 1 amide bonds. The highest BCUT2D eigenvalue weighted by atomic mass is 16.6. The minimum Gasteiger partial charge on any atom is -0.508 e. The first kappa shape index (κ1) is 19.6. The maximum Gasteiger partial charge on any atom is 0.294 e. The van der Waals surface area contributed by atoms with Crippen molar-refractivity contribution >= 4 is 17.9 Å². The van der Waals surface area contributed by atoms with E-state index in [9.17, 15) is 15.0 Å². The van der Waals surface area contributed by atoms with Gasteiger partial charge in [-0.3, -0.25) is 4.79 Å². The van der Waals surface area contributed by atoms with Gasteiger partial charge in [-0.2, -0.15) is 9.78 Å². The van der Waals surface area contributed by atoms with E-state index in [1.807, 2.05) is 19.1 Å². The molecule has 2 aromatic carbocycles. The van der Waals surface area contributed by atoms with E-state index in [4.69, 9.17) is 5.73 Å². The van der Waals surface area contributed by atoms with Crippen LogP contribution in [0.1, 0.15) is 21.6 Å². The fraction of sp³-hybridized carbons (Fsp3) is 0.0526. The summed E-state index contributed by atoms with van der Waals surface area (Å²) in [5, 5.41) is 38.1. The Kier molecular flexibility index (Phi) is 5.02. The Morgan fingerprint density at radius 1 is 1.19 bits per heavy atom. The Hall–Kier alpha value is -4.74. The molecule has 0 atom stereocenters. The van der Waals surface area contributed by atoms with Crippen LogP contribution in [0.5, 0.6) is 11.5 Å². The van der Waals surface area contributed by atoms with E-state index in [0.29, 0.717) is 16.8 Å². The molecule has 0 radical (unpaired) electrons. The molecule has 31 heavy (non-hydrogen) atoms. The molecule has 0 spiro atoms. The summed E-state index contributed by atoms with van der Waals surface area (Å²) in [4.78, 5) is 12.8. The highest BCUT2D eigenvalue weighted by Gasteiger charge is 2.25. The Morgan fingerprint density at radius 3 is 2.65 bits per heavy atom. The molecule has 0 saturated heterocycles. The van der Waals surface area contributed by atoms with Crippen molar-refractivity contribution in [3.63, 3.8) is 0 Å². The van der Waals surface area contributed by atoms with Crippen LogP contribution in [-0.2, 0) is 0 Å². The average Bonchev–Trinajstić information content (AvgIpc) is 3.36. The van der Waals surface area contributed by atoms with Crippen LogP contribution >= 0.6 is 0 Å². The zero-order chi connectivity index (χ0) is 22.0. The van der Waals surface area contributed by atoms with Gasteiger partial charge < -0.3 is 15.9 Å². The Balaban J connectivity index is 1.68. The third-order valence-electron chi connectivity index (χ3n) is 4.29. The first-order valence-corrected chi connectivity index (χ1v) is 8.90. The van der Waals surface area contributed by atoms with Crippen molar-refractivity contribution < 1.29 is 19.6 Å². The number of anilines is 1. The molecule has 12 heteroatoms. The van der Waals surface area contributed by atoms with Gasteiger partial charge in [-0.1, -0.05) is 35.0 Å². The number of amides is 1. The van der Waals surface area contributed by atoms with Gasteiger partial charge >= 0.3 is 0 Å². The number of rotatable bonds is 5. The molecule has 4 aromatic rings. The maximum atomic E-state index is 12.8. The highest BCUT2D eigenvalue weighted by molar-refractivity contribution is 5.99. The molecule has 0 fully saturated rings. The summed E-state index contributed by atoms with van der Waals surface area (Å²) in [7, 11) is 0. The van der Waals surface area contributed by atoms with Crippen molar-refractivity contribution in [3.05, 3.63) is 59.3 Å². The normalized spacial score (nSPS) is 11.1. The maximum absolute atomic E-state index is 12.8. The monoisotopic (exact) mass is 420 g/mol. The number of aryl methyl sites for hydroxylation is 1. The minimum absolute atomic E-state index is 0.0222. The molecule has 0 aliphatic heterocycles. The minimum atomic E-state index is -0.661. The lowest BCUT2D eigenvalue weighted by atomic mass is 10.1. The molecule has 2 aromatic heterocycles. The van der Waals surface area contributed by atoms with Crippen LogP contribution < -0.4 is 11.2 Å². The molecule has 4 rings (SSSR count). The number of aromatic nitrogens is 5. The smallest absolute Gasteiger partial charge is 0.294 e. The third kappa shape index (κ3) is 3.89. The zero-order valence-electron chi connectivity index (χ0n) is 16.1. The highest BCUT2D eigenvalue weighted by Crippen LogP contribution is 2.26. The number of aromatic hydroxyl groups is 2. The SMILES string of the molecule is Cc1ccc(-c2c(C(=O)NN=Cc3ccc(O)cc3O)nnn2-c2nonc2N)cc1. The van der Waals surface area contributed by atoms with Crippen molar-refractivity contribution in [1.29, 1.82) is 0 Å². The fourth-order valence-corrected chi connectivity index (χ4v) is 2.75. The summed E-state index contributed by atoms with van der Waals surface area (Å²) in [5.41, 5.74) is 10.3. The Morgan fingerprint density at radius 2 is 1.97 bits per heavy atom. The van der Waals surface area contributed by atoms with Crippen LogP contribution in [0.2, 0.25) is 0 Å². The van der Waals surface area contributed by atoms with Gasteiger partial charge in [-0.15, -0.1) is 5.10 Å². The van der Waals surface area contributed by atoms with Gasteiger partial charge in [0.1, 0.15) is 17.2 Å². The summed E-state index contributed by atoms with van der Waals surface area (Å²) in [6, 6.07) is 11.3. The summed E-state index contributed by atoms with van der Waals surface area (Å²) >= 11 is 0. The number of phenols is 2. The summed E-state index contributed by atoms with van der Waals surface area (Å²) < 4.78 is 5.88. The van der Waals surface area contributed by atoms with E-state index >= 15 is 0 Å². The van der Waals surface area contributed by atoms with E-state index in [1.54, 1.807) is 12.1 Å². The molecule has 12 nitrogen and oxygen atoms in total. The number of hydrogen-bond donors (Lipinski definition) is 4. The van der Waals surface area contributed by atoms with E-state index in [1.165, 1.54) is 23.0 Å². The number of hydrazone groups is 1. The lowest BCUT2D eigenvalue weighted by molar-refractivity contribution is 0.0950.